The highest BCUT2D eigenvalue weighted by Crippen LogP contribution is 2.23. The van der Waals surface area contributed by atoms with Gasteiger partial charge in [-0.1, -0.05) is 23.4 Å². The summed E-state index contributed by atoms with van der Waals surface area (Å²) in [6.45, 7) is 2.65. The third kappa shape index (κ3) is 5.26. The standard InChI is InChI=1S/C24H23FN4O3/c1-16-15-18(8-9-19(16)25)24-28-22(32-29-24)11-10-21(30)26-13-4-14-31-20-7-2-5-17-6-3-12-27-23(17)20/h2-3,5-9,12,15H,4,10-11,13-14H2,1H3,(H,26,30). The zero-order valence-corrected chi connectivity index (χ0v) is 17.7. The van der Waals surface area contributed by atoms with Crippen molar-refractivity contribution in [3.63, 3.8) is 0 Å². The molecule has 0 bridgehead atoms. The van der Waals surface area contributed by atoms with Gasteiger partial charge in [-0.15, -0.1) is 0 Å². The Hall–Kier alpha value is -3.81. The van der Waals surface area contributed by atoms with Gasteiger partial charge in [-0.05, 0) is 49.2 Å². The Morgan fingerprint density at radius 3 is 2.94 bits per heavy atom. The monoisotopic (exact) mass is 434 g/mol. The van der Waals surface area contributed by atoms with Gasteiger partial charge in [0.05, 0.1) is 6.61 Å². The number of pyridine rings is 1. The van der Waals surface area contributed by atoms with E-state index < -0.39 is 0 Å². The van der Waals surface area contributed by atoms with Gasteiger partial charge >= 0.3 is 0 Å². The summed E-state index contributed by atoms with van der Waals surface area (Å²) in [6.07, 6.45) is 2.97. The minimum atomic E-state index is -0.284. The Kier molecular flexibility index (Phi) is 6.69. The van der Waals surface area contributed by atoms with Crippen LogP contribution in [0.2, 0.25) is 0 Å². The molecule has 0 spiro atoms. The Morgan fingerprint density at radius 2 is 2.06 bits per heavy atom. The number of halogens is 1. The van der Waals surface area contributed by atoms with Crippen LogP contribution in [0.3, 0.4) is 0 Å². The van der Waals surface area contributed by atoms with Crippen LogP contribution in [0, 0.1) is 12.7 Å². The molecular weight excluding hydrogens is 411 g/mol. The number of para-hydroxylation sites is 1. The van der Waals surface area contributed by atoms with Crippen molar-refractivity contribution in [2.45, 2.75) is 26.2 Å². The minimum Gasteiger partial charge on any atom is -0.491 e. The van der Waals surface area contributed by atoms with Crippen molar-refractivity contribution in [2.75, 3.05) is 13.2 Å². The van der Waals surface area contributed by atoms with Crippen LogP contribution in [-0.4, -0.2) is 34.2 Å². The zero-order valence-electron chi connectivity index (χ0n) is 17.7. The Balaban J connectivity index is 1.18. The number of aromatic nitrogens is 3. The molecule has 2 heterocycles. The Morgan fingerprint density at radius 1 is 1.19 bits per heavy atom. The van der Waals surface area contributed by atoms with E-state index >= 15 is 0 Å². The second kappa shape index (κ2) is 10.00. The van der Waals surface area contributed by atoms with Gasteiger partial charge in [-0.25, -0.2) is 4.39 Å². The number of nitrogens with zero attached hydrogens (tertiary/aromatic N) is 3. The van der Waals surface area contributed by atoms with Gasteiger partial charge in [0.1, 0.15) is 17.1 Å². The van der Waals surface area contributed by atoms with E-state index in [0.717, 1.165) is 16.7 Å². The zero-order chi connectivity index (χ0) is 22.3. The van der Waals surface area contributed by atoms with Crippen molar-refractivity contribution in [3.05, 3.63) is 72.0 Å². The highest BCUT2D eigenvalue weighted by atomic mass is 19.1. The average molecular weight is 434 g/mol. The lowest BCUT2D eigenvalue weighted by Crippen LogP contribution is -2.25. The van der Waals surface area contributed by atoms with Gasteiger partial charge < -0.3 is 14.6 Å². The fraction of sp³-hybridized carbons (Fsp3) is 0.250. The molecule has 0 aliphatic carbocycles. The van der Waals surface area contributed by atoms with Crippen LogP contribution in [-0.2, 0) is 11.2 Å². The van der Waals surface area contributed by atoms with Crippen LogP contribution in [0.1, 0.15) is 24.3 Å². The number of hydrogen-bond acceptors (Lipinski definition) is 6. The fourth-order valence-electron chi connectivity index (χ4n) is 3.24. The first-order valence-electron chi connectivity index (χ1n) is 10.4. The van der Waals surface area contributed by atoms with Gasteiger partial charge in [0.15, 0.2) is 0 Å². The Bertz CT molecular complexity index is 1220. The third-order valence-electron chi connectivity index (χ3n) is 4.95. The highest BCUT2D eigenvalue weighted by molar-refractivity contribution is 5.84. The molecule has 0 saturated heterocycles. The SMILES string of the molecule is Cc1cc(-c2noc(CCC(=O)NCCCOc3cccc4cccnc34)n2)ccc1F. The topological polar surface area (TPSA) is 90.1 Å². The van der Waals surface area contributed by atoms with Crippen molar-refractivity contribution in [2.24, 2.45) is 0 Å². The summed E-state index contributed by atoms with van der Waals surface area (Å²) in [7, 11) is 0. The van der Waals surface area contributed by atoms with Crippen molar-refractivity contribution in [1.29, 1.82) is 0 Å². The van der Waals surface area contributed by atoms with Crippen LogP contribution in [0.4, 0.5) is 4.39 Å². The molecule has 7 nitrogen and oxygen atoms in total. The molecule has 1 N–H and O–H groups in total. The summed E-state index contributed by atoms with van der Waals surface area (Å²) < 4.78 is 24.4. The van der Waals surface area contributed by atoms with E-state index in [-0.39, 0.29) is 18.1 Å². The van der Waals surface area contributed by atoms with Gasteiger partial charge in [-0.3, -0.25) is 9.78 Å². The minimum absolute atomic E-state index is 0.103. The smallest absolute Gasteiger partial charge is 0.227 e. The van der Waals surface area contributed by atoms with Crippen LogP contribution in [0.5, 0.6) is 5.75 Å². The summed E-state index contributed by atoms with van der Waals surface area (Å²) in [5.41, 5.74) is 2.01. The van der Waals surface area contributed by atoms with E-state index in [2.05, 4.69) is 20.4 Å². The van der Waals surface area contributed by atoms with E-state index in [9.17, 15) is 9.18 Å². The molecule has 1 amide bonds. The van der Waals surface area contributed by atoms with Crippen LogP contribution in [0.25, 0.3) is 22.3 Å². The lowest BCUT2D eigenvalue weighted by molar-refractivity contribution is -0.121. The molecule has 0 fully saturated rings. The number of hydrogen-bond donors (Lipinski definition) is 1. The molecule has 0 unspecified atom stereocenters. The molecular formula is C24H23FN4O3. The fourth-order valence-corrected chi connectivity index (χ4v) is 3.24. The van der Waals surface area contributed by atoms with E-state index in [1.54, 1.807) is 25.3 Å². The maximum Gasteiger partial charge on any atom is 0.227 e. The predicted molar refractivity (Wildman–Crippen MR) is 118 cm³/mol. The highest BCUT2D eigenvalue weighted by Gasteiger charge is 2.12. The maximum absolute atomic E-state index is 13.4. The van der Waals surface area contributed by atoms with E-state index in [0.29, 0.717) is 48.8 Å². The van der Waals surface area contributed by atoms with E-state index in [1.165, 1.54) is 6.07 Å². The van der Waals surface area contributed by atoms with E-state index in [4.69, 9.17) is 9.26 Å². The summed E-state index contributed by atoms with van der Waals surface area (Å²) in [5, 5.41) is 7.80. The van der Waals surface area contributed by atoms with Crippen LogP contribution in [0.15, 0.2) is 59.3 Å². The summed E-state index contributed by atoms with van der Waals surface area (Å²) in [5.74, 6) is 1.09. The van der Waals surface area contributed by atoms with Gasteiger partial charge in [-0.2, -0.15) is 4.98 Å². The maximum atomic E-state index is 13.4. The number of aryl methyl sites for hydroxylation is 2. The number of ether oxygens (including phenoxy) is 1. The number of fused-ring (bicyclic) bond motifs is 1. The average Bonchev–Trinajstić information content (AvgIpc) is 3.28. The molecule has 0 radical (unpaired) electrons. The number of benzene rings is 2. The first kappa shape index (κ1) is 21.4. The third-order valence-corrected chi connectivity index (χ3v) is 4.95. The first-order valence-corrected chi connectivity index (χ1v) is 10.4. The van der Waals surface area contributed by atoms with Crippen molar-refractivity contribution >= 4 is 16.8 Å². The molecule has 0 aliphatic rings. The number of carbonyl (C=O) groups is 1. The Labute approximate surface area is 184 Å². The molecule has 32 heavy (non-hydrogen) atoms. The van der Waals surface area contributed by atoms with Crippen molar-refractivity contribution in [1.82, 2.24) is 20.4 Å². The first-order chi connectivity index (χ1) is 15.6. The van der Waals surface area contributed by atoms with Crippen molar-refractivity contribution in [3.8, 4) is 17.1 Å². The van der Waals surface area contributed by atoms with E-state index in [1.807, 2.05) is 30.3 Å². The second-order valence-corrected chi connectivity index (χ2v) is 7.36. The predicted octanol–water partition coefficient (Wildman–Crippen LogP) is 4.25. The lowest BCUT2D eigenvalue weighted by Gasteiger charge is -2.09. The molecule has 0 aliphatic heterocycles. The van der Waals surface area contributed by atoms with Crippen LogP contribution < -0.4 is 10.1 Å². The summed E-state index contributed by atoms with van der Waals surface area (Å²) in [4.78, 5) is 20.7. The molecule has 4 aromatic rings. The summed E-state index contributed by atoms with van der Waals surface area (Å²) >= 11 is 0. The number of carbonyl (C=O) groups excluding carboxylic acids is 1. The molecule has 0 saturated carbocycles. The molecule has 8 heteroatoms. The number of amides is 1. The molecule has 0 atom stereocenters. The molecule has 4 rings (SSSR count). The summed E-state index contributed by atoms with van der Waals surface area (Å²) in [6, 6.07) is 14.3. The second-order valence-electron chi connectivity index (χ2n) is 7.36. The quantitative estimate of drug-likeness (QED) is 0.396. The van der Waals surface area contributed by atoms with Gasteiger partial charge in [0.25, 0.3) is 0 Å². The van der Waals surface area contributed by atoms with Gasteiger partial charge in [0, 0.05) is 36.5 Å². The number of rotatable bonds is 9. The largest absolute Gasteiger partial charge is 0.491 e. The van der Waals surface area contributed by atoms with Crippen LogP contribution >= 0.6 is 0 Å². The molecule has 2 aromatic heterocycles. The van der Waals surface area contributed by atoms with Gasteiger partial charge in [0.2, 0.25) is 17.6 Å². The molecule has 2 aromatic carbocycles. The lowest BCUT2D eigenvalue weighted by atomic mass is 10.1. The normalized spacial score (nSPS) is 10.9. The van der Waals surface area contributed by atoms with Crippen molar-refractivity contribution < 1.29 is 18.4 Å². The molecule has 164 valence electrons. The number of nitrogens with one attached hydrogen (secondary N) is 1.